The molecule has 0 aliphatic heterocycles. The zero-order chi connectivity index (χ0) is 22.7. The van der Waals surface area contributed by atoms with Crippen LogP contribution in [0.1, 0.15) is 0 Å². The third-order valence-corrected chi connectivity index (χ3v) is 3.02. The molecule has 0 aromatic rings. The zero-order valence-electron chi connectivity index (χ0n) is 11.7. The Kier molecular flexibility index (Phi) is 5.85. The normalized spacial score (nSPS) is 16.7. The lowest BCUT2D eigenvalue weighted by Gasteiger charge is -2.42. The van der Waals surface area contributed by atoms with Crippen molar-refractivity contribution >= 4 is 0 Å². The highest BCUT2D eigenvalue weighted by Crippen LogP contribution is 2.63. The number of alkyl halides is 17. The van der Waals surface area contributed by atoms with Gasteiger partial charge < -0.3 is 0 Å². The monoisotopic (exact) mass is 449 g/mol. The Bertz CT molecular complexity index is 543. The van der Waals surface area contributed by atoms with Gasteiger partial charge in [-0.05, 0) is 0 Å². The fourth-order valence-corrected chi connectivity index (χ4v) is 1.31. The summed E-state index contributed by atoms with van der Waals surface area (Å²) < 4.78 is 215. The van der Waals surface area contributed by atoms with Gasteiger partial charge in [0, 0.05) is 0 Å². The summed E-state index contributed by atoms with van der Waals surface area (Å²) in [5, 5.41) is 0. The van der Waals surface area contributed by atoms with E-state index in [1.807, 2.05) is 0 Å². The van der Waals surface area contributed by atoms with Gasteiger partial charge in [-0.2, -0.15) is 70.2 Å². The van der Waals surface area contributed by atoms with E-state index in [0.717, 1.165) is 0 Å². The molecular weight excluding hydrogens is 445 g/mol. The molecule has 0 radical (unpaired) electrons. The number of rotatable bonds is 8. The predicted molar refractivity (Wildman–Crippen MR) is 49.7 cm³/mol. The second-order valence-corrected chi connectivity index (χ2v) is 4.91. The topological polar surface area (TPSA) is 26.0 Å². The first-order valence-corrected chi connectivity index (χ1v) is 5.68. The minimum atomic E-state index is -8.54. The summed E-state index contributed by atoms with van der Waals surface area (Å²) in [5.74, 6) is -56.2. The average Bonchev–Trinajstić information content (AvgIpc) is 2.44. The van der Waals surface area contributed by atoms with Gasteiger partial charge in [0.05, 0.1) is 0 Å². The van der Waals surface area contributed by atoms with Crippen molar-refractivity contribution in [3.63, 3.8) is 0 Å². The van der Waals surface area contributed by atoms with E-state index < -0.39 is 54.2 Å². The smallest absolute Gasteiger partial charge is 0.267 e. The van der Waals surface area contributed by atoms with E-state index >= 15 is 0 Å². The Labute approximate surface area is 136 Å². The van der Waals surface area contributed by atoms with E-state index in [4.69, 9.17) is 0 Å². The van der Waals surface area contributed by atoms with Crippen molar-refractivity contribution in [1.29, 1.82) is 0 Å². The Morgan fingerprint density at radius 2 is 0.630 bits per heavy atom. The van der Waals surface area contributed by atoms with Crippen LogP contribution in [0.15, 0.2) is 0 Å². The molecule has 0 unspecified atom stereocenters. The highest BCUT2D eigenvalue weighted by Gasteiger charge is 2.94. The summed E-state index contributed by atoms with van der Waals surface area (Å²) >= 11 is 0. The molecule has 0 saturated heterocycles. The second-order valence-electron chi connectivity index (χ2n) is 4.91. The molecule has 0 atom stereocenters. The first kappa shape index (κ1) is 25.8. The first-order chi connectivity index (χ1) is 11.3. The van der Waals surface area contributed by atoms with Crippen molar-refractivity contribution in [2.75, 3.05) is 6.67 Å². The number of hydrogen-bond donors (Lipinski definition) is 1. The molecule has 1 nitrogen and oxygen atoms in total. The molecule has 0 aliphatic rings. The summed E-state index contributed by atoms with van der Waals surface area (Å²) in [6.45, 7) is -3.91. The molecular formula is C9H4F17N. The summed E-state index contributed by atoms with van der Waals surface area (Å²) in [6.07, 6.45) is 0. The van der Waals surface area contributed by atoms with Gasteiger partial charge in [0.1, 0.15) is 0 Å². The minimum absolute atomic E-state index is 3.08. The van der Waals surface area contributed by atoms with E-state index in [0.29, 0.717) is 0 Å². The standard InChI is InChI=1S/C9H4F17N/c10-1-2(11,12)3(13,14)4(15,16)5(17,18)6(19,20)7(21,22)8(23,24)9(25,26)27/h1,27H2. The maximum absolute atomic E-state index is 13.0. The molecule has 0 saturated carbocycles. The van der Waals surface area contributed by atoms with Crippen LogP contribution in [0.25, 0.3) is 0 Å². The van der Waals surface area contributed by atoms with Crippen LogP contribution in [-0.4, -0.2) is 54.2 Å². The molecule has 164 valence electrons. The van der Waals surface area contributed by atoms with Gasteiger partial charge >= 0.3 is 47.5 Å². The quantitative estimate of drug-likeness (QED) is 0.412. The first-order valence-electron chi connectivity index (χ1n) is 5.68. The lowest BCUT2D eigenvalue weighted by molar-refractivity contribution is -0.453. The third-order valence-electron chi connectivity index (χ3n) is 3.02. The van der Waals surface area contributed by atoms with Gasteiger partial charge in [-0.3, -0.25) is 5.73 Å². The maximum Gasteiger partial charge on any atom is 0.392 e. The molecule has 0 aromatic carbocycles. The Hall–Kier alpha value is -1.23. The van der Waals surface area contributed by atoms with Crippen LogP contribution in [0.5, 0.6) is 0 Å². The van der Waals surface area contributed by atoms with Gasteiger partial charge in [-0.15, -0.1) is 0 Å². The molecule has 0 spiro atoms. The maximum atomic E-state index is 13.0. The fourth-order valence-electron chi connectivity index (χ4n) is 1.31. The Morgan fingerprint density at radius 1 is 0.407 bits per heavy atom. The van der Waals surface area contributed by atoms with E-state index in [1.54, 1.807) is 0 Å². The number of halogens is 17. The van der Waals surface area contributed by atoms with Crippen molar-refractivity contribution in [2.45, 2.75) is 47.5 Å². The predicted octanol–water partition coefficient (Wildman–Crippen LogP) is 4.95. The van der Waals surface area contributed by atoms with Crippen LogP contribution >= 0.6 is 0 Å². The zero-order valence-corrected chi connectivity index (χ0v) is 11.7. The van der Waals surface area contributed by atoms with Gasteiger partial charge in [-0.25, -0.2) is 4.39 Å². The van der Waals surface area contributed by atoms with Crippen molar-refractivity contribution in [3.8, 4) is 0 Å². The summed E-state index contributed by atoms with van der Waals surface area (Å²) in [4.78, 5) is 0. The summed E-state index contributed by atoms with van der Waals surface area (Å²) in [7, 11) is 0. The van der Waals surface area contributed by atoms with E-state index in [9.17, 15) is 74.6 Å². The van der Waals surface area contributed by atoms with E-state index in [1.165, 1.54) is 0 Å². The molecule has 0 amide bonds. The van der Waals surface area contributed by atoms with E-state index in [-0.39, 0.29) is 0 Å². The van der Waals surface area contributed by atoms with Crippen LogP contribution in [0.2, 0.25) is 0 Å². The lowest BCUT2D eigenvalue weighted by atomic mass is 9.89. The lowest BCUT2D eigenvalue weighted by Crippen LogP contribution is -2.75. The number of nitrogens with two attached hydrogens (primary N) is 1. The average molecular weight is 449 g/mol. The highest BCUT2D eigenvalue weighted by atomic mass is 19.4. The molecule has 0 fully saturated rings. The molecule has 0 aliphatic carbocycles. The van der Waals surface area contributed by atoms with Crippen LogP contribution in [-0.2, 0) is 0 Å². The van der Waals surface area contributed by atoms with Crippen LogP contribution < -0.4 is 5.73 Å². The van der Waals surface area contributed by atoms with Crippen molar-refractivity contribution in [1.82, 2.24) is 0 Å². The van der Waals surface area contributed by atoms with Crippen LogP contribution in [0.3, 0.4) is 0 Å². The Morgan fingerprint density at radius 3 is 0.852 bits per heavy atom. The molecule has 0 rings (SSSR count). The largest absolute Gasteiger partial charge is 0.392 e. The van der Waals surface area contributed by atoms with Gasteiger partial charge in [0.15, 0.2) is 6.67 Å². The fraction of sp³-hybridized carbons (Fsp3) is 1.00. The molecule has 0 aromatic heterocycles. The SMILES string of the molecule is NC(F)(F)C(F)(F)C(F)(F)C(F)(F)C(F)(F)C(F)(F)C(F)(F)C(F)(F)CF. The molecule has 2 N–H and O–H groups in total. The molecule has 18 heteroatoms. The van der Waals surface area contributed by atoms with Crippen molar-refractivity contribution in [3.05, 3.63) is 0 Å². The summed E-state index contributed by atoms with van der Waals surface area (Å²) in [6, 6.07) is -6.79. The molecule has 27 heavy (non-hydrogen) atoms. The Balaban J connectivity index is 6.65. The molecule has 0 heterocycles. The van der Waals surface area contributed by atoms with Gasteiger partial charge in [0.2, 0.25) is 0 Å². The van der Waals surface area contributed by atoms with Crippen LogP contribution in [0, 0.1) is 0 Å². The summed E-state index contributed by atoms with van der Waals surface area (Å²) in [5.41, 5.74) is 3.08. The van der Waals surface area contributed by atoms with Gasteiger partial charge in [0.25, 0.3) is 0 Å². The van der Waals surface area contributed by atoms with E-state index in [2.05, 4.69) is 5.73 Å². The second kappa shape index (κ2) is 6.13. The minimum Gasteiger partial charge on any atom is -0.267 e. The highest BCUT2D eigenvalue weighted by molar-refractivity contribution is 5.15. The van der Waals surface area contributed by atoms with Gasteiger partial charge in [-0.1, -0.05) is 0 Å². The van der Waals surface area contributed by atoms with Crippen LogP contribution in [0.4, 0.5) is 74.6 Å². The number of hydrogen-bond acceptors (Lipinski definition) is 1. The van der Waals surface area contributed by atoms with Crippen molar-refractivity contribution in [2.24, 2.45) is 5.73 Å². The van der Waals surface area contributed by atoms with Crippen molar-refractivity contribution < 1.29 is 74.6 Å². The molecule has 0 bridgehead atoms. The third kappa shape index (κ3) is 3.06.